The molecule has 110 valence electrons. The predicted molar refractivity (Wildman–Crippen MR) is 83.7 cm³/mol. The lowest BCUT2D eigenvalue weighted by Crippen LogP contribution is -2.23. The van der Waals surface area contributed by atoms with E-state index >= 15 is 0 Å². The van der Waals surface area contributed by atoms with Crippen LogP contribution in [0.25, 0.3) is 12.2 Å². The van der Waals surface area contributed by atoms with Crippen molar-refractivity contribution in [2.75, 3.05) is 19.0 Å². The summed E-state index contributed by atoms with van der Waals surface area (Å²) in [5.41, 5.74) is 8.42. The normalized spacial score (nSPS) is 12.5. The summed E-state index contributed by atoms with van der Waals surface area (Å²) in [6.45, 7) is -1.05. The molecule has 2 aromatic carbocycles. The summed E-state index contributed by atoms with van der Waals surface area (Å²) in [6, 6.07) is 14.8. The number of hydrogen-bond acceptors (Lipinski definition) is 3. The van der Waals surface area contributed by atoms with Crippen molar-refractivity contribution in [2.24, 2.45) is 0 Å². The van der Waals surface area contributed by atoms with Gasteiger partial charge in [0.25, 0.3) is 0 Å². The second-order valence-electron chi connectivity index (χ2n) is 4.65. The number of anilines is 1. The lowest BCUT2D eigenvalue weighted by Gasteiger charge is -2.13. The van der Waals surface area contributed by atoms with Crippen molar-refractivity contribution in [3.8, 4) is 5.75 Å². The van der Waals surface area contributed by atoms with Crippen LogP contribution in [-0.4, -0.2) is 24.5 Å². The van der Waals surface area contributed by atoms with Crippen molar-refractivity contribution in [3.05, 3.63) is 59.7 Å². The van der Waals surface area contributed by atoms with Crippen LogP contribution in [0.15, 0.2) is 48.5 Å². The number of aliphatic hydroxyl groups excluding tert-OH is 1. The van der Waals surface area contributed by atoms with E-state index in [9.17, 15) is 4.39 Å². The molecular formula is C17H18FNO2. The molecule has 0 amide bonds. The van der Waals surface area contributed by atoms with Gasteiger partial charge < -0.3 is 15.6 Å². The maximum Gasteiger partial charge on any atom is 0.150 e. The third kappa shape index (κ3) is 4.61. The van der Waals surface area contributed by atoms with Gasteiger partial charge in [-0.3, -0.25) is 0 Å². The molecule has 2 aromatic rings. The van der Waals surface area contributed by atoms with Crippen LogP contribution in [0.3, 0.4) is 0 Å². The zero-order valence-electron chi connectivity index (χ0n) is 11.6. The van der Waals surface area contributed by atoms with Crippen molar-refractivity contribution in [2.45, 2.75) is 6.10 Å². The fraction of sp³-hybridized carbons (Fsp3) is 0.176. The van der Waals surface area contributed by atoms with E-state index in [4.69, 9.17) is 15.6 Å². The molecule has 3 nitrogen and oxygen atoms in total. The lowest BCUT2D eigenvalue weighted by molar-refractivity contribution is 0.0931. The van der Waals surface area contributed by atoms with Crippen molar-refractivity contribution >= 4 is 17.8 Å². The standard InChI is InChI=1S/C17H18FNO2/c18-11-17(12-20)21-16-9-5-14(6-10-16)2-1-13-3-7-15(19)8-4-13/h1-10,17,20H,11-12,19H2. The van der Waals surface area contributed by atoms with Gasteiger partial charge in [-0.1, -0.05) is 36.4 Å². The average Bonchev–Trinajstić information content (AvgIpc) is 2.53. The summed E-state index contributed by atoms with van der Waals surface area (Å²) in [4.78, 5) is 0. The predicted octanol–water partition coefficient (Wildman–Crippen LogP) is 3.15. The van der Waals surface area contributed by atoms with Crippen molar-refractivity contribution < 1.29 is 14.2 Å². The maximum atomic E-state index is 12.5. The fourth-order valence-corrected chi connectivity index (χ4v) is 1.77. The molecule has 0 heterocycles. The van der Waals surface area contributed by atoms with Crippen LogP contribution in [0, 0.1) is 0 Å². The Balaban J connectivity index is 2.00. The van der Waals surface area contributed by atoms with Gasteiger partial charge in [0, 0.05) is 5.69 Å². The van der Waals surface area contributed by atoms with Gasteiger partial charge in [0.1, 0.15) is 18.5 Å². The Labute approximate surface area is 123 Å². The molecule has 0 fully saturated rings. The smallest absolute Gasteiger partial charge is 0.150 e. The van der Waals surface area contributed by atoms with Gasteiger partial charge in [0.2, 0.25) is 0 Å². The number of benzene rings is 2. The molecule has 0 aliphatic heterocycles. The molecule has 21 heavy (non-hydrogen) atoms. The lowest BCUT2D eigenvalue weighted by atomic mass is 10.1. The van der Waals surface area contributed by atoms with Crippen LogP contribution in [0.2, 0.25) is 0 Å². The van der Waals surface area contributed by atoms with Gasteiger partial charge in [0.15, 0.2) is 0 Å². The summed E-state index contributed by atoms with van der Waals surface area (Å²) in [5.74, 6) is 0.538. The summed E-state index contributed by atoms with van der Waals surface area (Å²) in [5, 5.41) is 8.89. The number of hydrogen-bond donors (Lipinski definition) is 2. The Hall–Kier alpha value is -2.33. The maximum absolute atomic E-state index is 12.5. The van der Waals surface area contributed by atoms with Crippen LogP contribution >= 0.6 is 0 Å². The topological polar surface area (TPSA) is 55.5 Å². The minimum atomic E-state index is -0.804. The third-order valence-electron chi connectivity index (χ3n) is 2.96. The van der Waals surface area contributed by atoms with E-state index in [1.165, 1.54) is 0 Å². The molecule has 0 radical (unpaired) electrons. The highest BCUT2D eigenvalue weighted by Gasteiger charge is 2.07. The Kier molecular flexibility index (Phi) is 5.35. The summed E-state index contributed by atoms with van der Waals surface area (Å²) >= 11 is 0. The molecule has 0 aromatic heterocycles. The van der Waals surface area contributed by atoms with Gasteiger partial charge in [-0.25, -0.2) is 4.39 Å². The van der Waals surface area contributed by atoms with Gasteiger partial charge in [-0.15, -0.1) is 0 Å². The van der Waals surface area contributed by atoms with Crippen molar-refractivity contribution in [1.82, 2.24) is 0 Å². The van der Waals surface area contributed by atoms with Crippen LogP contribution < -0.4 is 10.5 Å². The van der Waals surface area contributed by atoms with Gasteiger partial charge in [-0.05, 0) is 35.4 Å². The average molecular weight is 287 g/mol. The van der Waals surface area contributed by atoms with E-state index in [0.717, 1.165) is 16.8 Å². The first-order valence-electron chi connectivity index (χ1n) is 6.68. The monoisotopic (exact) mass is 287 g/mol. The van der Waals surface area contributed by atoms with Gasteiger partial charge in [-0.2, -0.15) is 0 Å². The largest absolute Gasteiger partial charge is 0.485 e. The zero-order valence-corrected chi connectivity index (χ0v) is 11.6. The van der Waals surface area contributed by atoms with E-state index in [-0.39, 0.29) is 6.61 Å². The third-order valence-corrected chi connectivity index (χ3v) is 2.96. The molecule has 1 unspecified atom stereocenters. The molecule has 2 rings (SSSR count). The first kappa shape index (κ1) is 15.1. The number of nitrogen functional groups attached to an aromatic ring is 1. The number of aliphatic hydroxyl groups is 1. The fourth-order valence-electron chi connectivity index (χ4n) is 1.77. The molecule has 0 saturated heterocycles. The molecule has 0 spiro atoms. The second kappa shape index (κ2) is 7.45. The Morgan fingerprint density at radius 1 is 1.00 bits per heavy atom. The summed E-state index contributed by atoms with van der Waals surface area (Å²) in [6.07, 6.45) is 3.14. The van der Waals surface area contributed by atoms with Crippen LogP contribution in [0.1, 0.15) is 11.1 Å². The highest BCUT2D eigenvalue weighted by atomic mass is 19.1. The van der Waals surface area contributed by atoms with E-state index in [2.05, 4.69) is 0 Å². The molecule has 0 aliphatic rings. The van der Waals surface area contributed by atoms with Crippen molar-refractivity contribution in [1.29, 1.82) is 0 Å². The highest BCUT2D eigenvalue weighted by molar-refractivity contribution is 5.70. The van der Waals surface area contributed by atoms with E-state index in [0.29, 0.717) is 5.75 Å². The SMILES string of the molecule is Nc1ccc(C=Cc2ccc(OC(CO)CF)cc2)cc1. The molecular weight excluding hydrogens is 269 g/mol. The minimum absolute atomic E-state index is 0.338. The van der Waals surface area contributed by atoms with Crippen LogP contribution in [0.5, 0.6) is 5.75 Å². The quantitative estimate of drug-likeness (QED) is 0.634. The number of ether oxygens (including phenoxy) is 1. The molecule has 0 saturated carbocycles. The molecule has 4 heteroatoms. The molecule has 3 N–H and O–H groups in total. The van der Waals surface area contributed by atoms with Crippen molar-refractivity contribution in [3.63, 3.8) is 0 Å². The molecule has 0 bridgehead atoms. The second-order valence-corrected chi connectivity index (χ2v) is 4.65. The number of halogens is 1. The Morgan fingerprint density at radius 2 is 1.52 bits per heavy atom. The number of alkyl halides is 1. The van der Waals surface area contributed by atoms with E-state index in [1.807, 2.05) is 48.6 Å². The first-order chi connectivity index (χ1) is 10.2. The highest BCUT2D eigenvalue weighted by Crippen LogP contribution is 2.16. The van der Waals surface area contributed by atoms with E-state index < -0.39 is 12.8 Å². The van der Waals surface area contributed by atoms with Gasteiger partial charge in [0.05, 0.1) is 6.61 Å². The summed E-state index contributed by atoms with van der Waals surface area (Å²) < 4.78 is 17.7. The molecule has 0 aliphatic carbocycles. The Bertz CT molecular complexity index is 575. The number of nitrogens with two attached hydrogens (primary N) is 1. The zero-order chi connectivity index (χ0) is 15.1. The van der Waals surface area contributed by atoms with Crippen LogP contribution in [-0.2, 0) is 0 Å². The van der Waals surface area contributed by atoms with E-state index in [1.54, 1.807) is 12.1 Å². The minimum Gasteiger partial charge on any atom is -0.485 e. The summed E-state index contributed by atoms with van der Waals surface area (Å²) in [7, 11) is 0. The first-order valence-corrected chi connectivity index (χ1v) is 6.68. The Morgan fingerprint density at radius 3 is 2.00 bits per heavy atom. The number of rotatable bonds is 6. The van der Waals surface area contributed by atoms with Gasteiger partial charge >= 0.3 is 0 Å². The molecule has 1 atom stereocenters. The van der Waals surface area contributed by atoms with Crippen LogP contribution in [0.4, 0.5) is 10.1 Å².